The van der Waals surface area contributed by atoms with Gasteiger partial charge in [0.15, 0.2) is 5.78 Å². The number of aliphatic hydroxyl groups is 2. The molecule has 36 heavy (non-hydrogen) atoms. The molecule has 1 aliphatic heterocycles. The van der Waals surface area contributed by atoms with Gasteiger partial charge >= 0.3 is 0 Å². The van der Waals surface area contributed by atoms with Gasteiger partial charge in [-0.3, -0.25) is 14.5 Å². The summed E-state index contributed by atoms with van der Waals surface area (Å²) in [6, 6.07) is 8.77. The van der Waals surface area contributed by atoms with Gasteiger partial charge in [0.05, 0.1) is 18.8 Å². The number of nitrogens with one attached hydrogen (secondary N) is 1. The molecule has 2 aromatic carbocycles. The zero-order valence-corrected chi connectivity index (χ0v) is 19.6. The van der Waals surface area contributed by atoms with Gasteiger partial charge in [0.2, 0.25) is 0 Å². The largest absolute Gasteiger partial charge is 0.388 e. The molecule has 1 aliphatic rings. The maximum absolute atomic E-state index is 14.6. The van der Waals surface area contributed by atoms with Crippen LogP contribution in [0.4, 0.5) is 13.2 Å². The third-order valence-electron chi connectivity index (χ3n) is 5.82. The van der Waals surface area contributed by atoms with Crippen LogP contribution >= 0.6 is 0 Å². The normalized spacial score (nSPS) is 16.5. The van der Waals surface area contributed by atoms with Crippen molar-refractivity contribution in [3.05, 3.63) is 70.5 Å². The second kappa shape index (κ2) is 12.1. The van der Waals surface area contributed by atoms with Gasteiger partial charge in [-0.05, 0) is 42.8 Å². The number of Topliss-reactive ketones (excluding diaryl/α,β-unsaturated/α-hetero) is 1. The number of nitrogens with zero attached hydrogens (tertiary/aromatic N) is 1. The van der Waals surface area contributed by atoms with Crippen molar-refractivity contribution in [2.45, 2.75) is 31.5 Å². The Morgan fingerprint density at radius 3 is 2.39 bits per heavy atom. The first-order chi connectivity index (χ1) is 17.1. The molecule has 1 fully saturated rings. The topological polar surface area (TPSA) is 99.1 Å². The minimum Gasteiger partial charge on any atom is -0.388 e. The lowest BCUT2D eigenvalue weighted by Crippen LogP contribution is -2.59. The number of hydrogen-bond acceptors (Lipinski definition) is 6. The molecule has 1 amide bonds. The molecular formula is C26H27F3N2O5. The monoisotopic (exact) mass is 504 g/mol. The molecule has 3 rings (SSSR count). The molecule has 2 atom stereocenters. The molecule has 0 aliphatic carbocycles. The summed E-state index contributed by atoms with van der Waals surface area (Å²) in [6.07, 6.45) is -3.39. The Morgan fingerprint density at radius 2 is 1.81 bits per heavy atom. The summed E-state index contributed by atoms with van der Waals surface area (Å²) in [5, 5.41) is 20.9. The number of amides is 1. The van der Waals surface area contributed by atoms with Crippen LogP contribution in [0.5, 0.6) is 0 Å². The van der Waals surface area contributed by atoms with E-state index in [1.165, 1.54) is 12.1 Å². The number of alkyl halides is 2. The minimum absolute atomic E-state index is 0.00602. The number of ketones is 1. The van der Waals surface area contributed by atoms with E-state index < -0.39 is 42.2 Å². The molecule has 2 aromatic rings. The van der Waals surface area contributed by atoms with Gasteiger partial charge in [0.25, 0.3) is 12.3 Å². The molecule has 0 spiro atoms. The van der Waals surface area contributed by atoms with E-state index in [2.05, 4.69) is 16.7 Å². The predicted molar refractivity (Wildman–Crippen MR) is 125 cm³/mol. The Labute approximate surface area is 206 Å². The first kappa shape index (κ1) is 27.4. The van der Waals surface area contributed by atoms with Crippen molar-refractivity contribution in [1.82, 2.24) is 10.2 Å². The van der Waals surface area contributed by atoms with Crippen LogP contribution in [-0.2, 0) is 16.1 Å². The summed E-state index contributed by atoms with van der Waals surface area (Å²) in [5.74, 6) is 2.43. The molecule has 0 saturated carbocycles. The molecule has 0 bridgehead atoms. The van der Waals surface area contributed by atoms with E-state index in [0.29, 0.717) is 25.7 Å². The summed E-state index contributed by atoms with van der Waals surface area (Å²) in [6.45, 7) is 3.46. The van der Waals surface area contributed by atoms with Gasteiger partial charge in [-0.25, -0.2) is 13.2 Å². The van der Waals surface area contributed by atoms with Crippen LogP contribution in [0.2, 0.25) is 0 Å². The lowest BCUT2D eigenvalue weighted by molar-refractivity contribution is -0.142. The van der Waals surface area contributed by atoms with Crippen molar-refractivity contribution in [2.24, 2.45) is 0 Å². The number of halogens is 3. The standard InChI is InChI=1S/C26H27F3N2O5/c1-26(35,25(28)29)23(22(33)16-32)30-24(34)20-9-8-19(21(27)14-20)7-6-17-2-4-18(5-3-17)15-31-10-12-36-13-11-31/h2-5,8-9,14,23,25,32,35H,10-13,15-16H2,1H3,(H,30,34)/t23-,26+/m1/s1. The number of ether oxygens (including phenoxy) is 1. The Morgan fingerprint density at radius 1 is 1.14 bits per heavy atom. The Balaban J connectivity index is 1.68. The highest BCUT2D eigenvalue weighted by Crippen LogP contribution is 2.21. The van der Waals surface area contributed by atoms with E-state index in [4.69, 9.17) is 9.84 Å². The van der Waals surface area contributed by atoms with Gasteiger partial charge in [0.1, 0.15) is 24.1 Å². The number of aliphatic hydroxyl groups excluding tert-OH is 1. The second-order valence-electron chi connectivity index (χ2n) is 8.59. The number of carbonyl (C=O) groups excluding carboxylic acids is 2. The van der Waals surface area contributed by atoms with E-state index >= 15 is 0 Å². The average Bonchev–Trinajstić information content (AvgIpc) is 2.87. The third kappa shape index (κ3) is 6.92. The van der Waals surface area contributed by atoms with Crippen molar-refractivity contribution in [1.29, 1.82) is 0 Å². The van der Waals surface area contributed by atoms with Crippen LogP contribution in [0.3, 0.4) is 0 Å². The highest BCUT2D eigenvalue weighted by Gasteiger charge is 2.45. The van der Waals surface area contributed by atoms with Crippen molar-refractivity contribution in [3.63, 3.8) is 0 Å². The van der Waals surface area contributed by atoms with Gasteiger partial charge < -0.3 is 20.3 Å². The Bertz CT molecular complexity index is 1140. The number of hydrogen-bond donors (Lipinski definition) is 3. The highest BCUT2D eigenvalue weighted by atomic mass is 19.3. The first-order valence-corrected chi connectivity index (χ1v) is 11.3. The molecule has 3 N–H and O–H groups in total. The summed E-state index contributed by atoms with van der Waals surface area (Å²) in [5.41, 5.74) is -1.41. The van der Waals surface area contributed by atoms with Crippen molar-refractivity contribution >= 4 is 11.7 Å². The molecule has 0 aromatic heterocycles. The second-order valence-corrected chi connectivity index (χ2v) is 8.59. The number of carbonyl (C=O) groups is 2. The molecule has 1 heterocycles. The van der Waals surface area contributed by atoms with Gasteiger partial charge in [-0.15, -0.1) is 0 Å². The molecular weight excluding hydrogens is 477 g/mol. The Hall–Kier alpha value is -3.23. The van der Waals surface area contributed by atoms with Crippen LogP contribution in [0.1, 0.15) is 34.0 Å². The van der Waals surface area contributed by atoms with Crippen LogP contribution in [0.25, 0.3) is 0 Å². The number of morpholine rings is 1. The fourth-order valence-corrected chi connectivity index (χ4v) is 3.59. The lowest BCUT2D eigenvalue weighted by Gasteiger charge is -2.31. The lowest BCUT2D eigenvalue weighted by atomic mass is 9.93. The highest BCUT2D eigenvalue weighted by molar-refractivity contribution is 5.98. The third-order valence-corrected chi connectivity index (χ3v) is 5.82. The van der Waals surface area contributed by atoms with Crippen LogP contribution in [0, 0.1) is 17.7 Å². The van der Waals surface area contributed by atoms with Gasteiger partial charge in [0, 0.05) is 30.8 Å². The van der Waals surface area contributed by atoms with E-state index in [1.807, 2.05) is 29.6 Å². The summed E-state index contributed by atoms with van der Waals surface area (Å²) in [7, 11) is 0. The number of benzene rings is 2. The van der Waals surface area contributed by atoms with Crippen molar-refractivity contribution in [3.8, 4) is 11.8 Å². The minimum atomic E-state index is -3.39. The fourth-order valence-electron chi connectivity index (χ4n) is 3.59. The first-order valence-electron chi connectivity index (χ1n) is 11.3. The van der Waals surface area contributed by atoms with Gasteiger partial charge in [-0.1, -0.05) is 24.0 Å². The van der Waals surface area contributed by atoms with Gasteiger partial charge in [-0.2, -0.15) is 0 Å². The van der Waals surface area contributed by atoms with Crippen molar-refractivity contribution < 1.29 is 37.7 Å². The molecule has 192 valence electrons. The predicted octanol–water partition coefficient (Wildman–Crippen LogP) is 1.73. The molecule has 1 saturated heterocycles. The number of rotatable bonds is 8. The summed E-state index contributed by atoms with van der Waals surface area (Å²) < 4.78 is 46.3. The Kier molecular flexibility index (Phi) is 9.23. The summed E-state index contributed by atoms with van der Waals surface area (Å²) >= 11 is 0. The fraction of sp³-hybridized carbons (Fsp3) is 0.385. The smallest absolute Gasteiger partial charge is 0.269 e. The molecule has 0 unspecified atom stereocenters. The zero-order valence-electron chi connectivity index (χ0n) is 19.6. The maximum atomic E-state index is 14.6. The van der Waals surface area contributed by atoms with Crippen LogP contribution in [0.15, 0.2) is 42.5 Å². The zero-order chi connectivity index (χ0) is 26.3. The van der Waals surface area contributed by atoms with Crippen LogP contribution in [-0.4, -0.2) is 77.8 Å². The summed E-state index contributed by atoms with van der Waals surface area (Å²) in [4.78, 5) is 26.6. The van der Waals surface area contributed by atoms with Crippen LogP contribution < -0.4 is 5.32 Å². The van der Waals surface area contributed by atoms with E-state index in [9.17, 15) is 27.9 Å². The van der Waals surface area contributed by atoms with Crippen molar-refractivity contribution in [2.75, 3.05) is 32.9 Å². The SMILES string of the molecule is C[C@@](O)(C(F)F)[C@H](NC(=O)c1ccc(C#Cc2ccc(CN3CCOCC3)cc2)c(F)c1)C(=O)CO. The maximum Gasteiger partial charge on any atom is 0.269 e. The molecule has 10 heteroatoms. The molecule has 7 nitrogen and oxygen atoms in total. The van der Waals surface area contributed by atoms with E-state index in [-0.39, 0.29) is 11.1 Å². The van der Waals surface area contributed by atoms with E-state index in [0.717, 1.165) is 31.3 Å². The molecule has 0 radical (unpaired) electrons. The average molecular weight is 505 g/mol. The van der Waals surface area contributed by atoms with E-state index in [1.54, 1.807) is 0 Å². The quantitative estimate of drug-likeness (QED) is 0.474.